The maximum atomic E-state index is 12.4. The van der Waals surface area contributed by atoms with Crippen molar-refractivity contribution in [2.45, 2.75) is 33.1 Å². The molecule has 0 saturated heterocycles. The number of methoxy groups -OCH3 is 2. The number of carbonyl (C=O) groups excluding carboxylic acids is 1. The van der Waals surface area contributed by atoms with Crippen molar-refractivity contribution in [3.05, 3.63) is 45.9 Å². The maximum Gasteiger partial charge on any atom is 0.262 e. The number of nitrogens with one attached hydrogen (secondary N) is 1. The second-order valence-corrected chi connectivity index (χ2v) is 8.13. The van der Waals surface area contributed by atoms with Gasteiger partial charge >= 0.3 is 0 Å². The van der Waals surface area contributed by atoms with Crippen LogP contribution in [0, 0.1) is 6.92 Å². The van der Waals surface area contributed by atoms with E-state index in [4.69, 9.17) is 14.2 Å². The minimum atomic E-state index is -0.280. The molecule has 0 aliphatic heterocycles. The monoisotopic (exact) mass is 435 g/mol. The molecule has 1 N–H and O–H groups in total. The highest BCUT2D eigenvalue weighted by Crippen LogP contribution is 2.36. The van der Waals surface area contributed by atoms with Crippen molar-refractivity contribution < 1.29 is 19.0 Å². The molecule has 6 heteroatoms. The Morgan fingerprint density at radius 1 is 1.04 bits per heavy atom. The van der Waals surface area contributed by atoms with Crippen LogP contribution in [0.15, 0.2) is 34.8 Å². The van der Waals surface area contributed by atoms with E-state index in [-0.39, 0.29) is 17.9 Å². The highest BCUT2D eigenvalue weighted by atomic mass is 79.9. The van der Waals surface area contributed by atoms with Gasteiger partial charge < -0.3 is 19.5 Å². The summed E-state index contributed by atoms with van der Waals surface area (Å²) in [5, 5.41) is 2.81. The molecular weight excluding hydrogens is 410 g/mol. The van der Waals surface area contributed by atoms with Crippen LogP contribution in [-0.2, 0) is 10.2 Å². The van der Waals surface area contributed by atoms with Crippen LogP contribution < -0.4 is 19.5 Å². The standard InChI is InChI=1S/C21H26BrNO4/c1-13-7-8-17(14(9-13)21(2,3)4)27-12-20(24)23-16-11-18(25-5)15(22)10-19(16)26-6/h7-11H,12H2,1-6H3,(H,23,24). The van der Waals surface area contributed by atoms with Gasteiger partial charge in [0.05, 0.1) is 24.4 Å². The number of hydrogen-bond acceptors (Lipinski definition) is 4. The largest absolute Gasteiger partial charge is 0.495 e. The lowest BCUT2D eigenvalue weighted by atomic mass is 9.85. The Labute approximate surface area is 169 Å². The van der Waals surface area contributed by atoms with Crippen molar-refractivity contribution in [2.24, 2.45) is 0 Å². The number of ether oxygens (including phenoxy) is 3. The highest BCUT2D eigenvalue weighted by molar-refractivity contribution is 9.10. The molecule has 0 spiro atoms. The van der Waals surface area contributed by atoms with Crippen molar-refractivity contribution in [3.63, 3.8) is 0 Å². The molecule has 0 bridgehead atoms. The molecular formula is C21H26BrNO4. The minimum absolute atomic E-state index is 0.0832. The molecule has 0 aliphatic rings. The number of rotatable bonds is 6. The zero-order chi connectivity index (χ0) is 20.2. The number of hydrogen-bond donors (Lipinski definition) is 1. The quantitative estimate of drug-likeness (QED) is 0.686. The van der Waals surface area contributed by atoms with Crippen LogP contribution in [0.2, 0.25) is 0 Å². The molecule has 2 aromatic rings. The summed E-state index contributed by atoms with van der Waals surface area (Å²) in [4.78, 5) is 12.4. The van der Waals surface area contributed by atoms with Crippen molar-refractivity contribution in [1.29, 1.82) is 0 Å². The number of carbonyl (C=O) groups is 1. The Balaban J connectivity index is 2.14. The predicted molar refractivity (Wildman–Crippen MR) is 111 cm³/mol. The highest BCUT2D eigenvalue weighted by Gasteiger charge is 2.20. The second kappa shape index (κ2) is 8.65. The zero-order valence-electron chi connectivity index (χ0n) is 16.6. The average molecular weight is 436 g/mol. The van der Waals surface area contributed by atoms with Crippen LogP contribution in [-0.4, -0.2) is 26.7 Å². The summed E-state index contributed by atoms with van der Waals surface area (Å²) in [6, 6.07) is 9.42. The second-order valence-electron chi connectivity index (χ2n) is 7.27. The molecule has 0 saturated carbocycles. The van der Waals surface area contributed by atoms with Crippen molar-refractivity contribution in [2.75, 3.05) is 26.1 Å². The fraction of sp³-hybridized carbons (Fsp3) is 0.381. The lowest BCUT2D eigenvalue weighted by molar-refractivity contribution is -0.118. The van der Waals surface area contributed by atoms with Gasteiger partial charge in [-0.25, -0.2) is 0 Å². The first kappa shape index (κ1) is 21.1. The fourth-order valence-electron chi connectivity index (χ4n) is 2.64. The van der Waals surface area contributed by atoms with Crippen LogP contribution in [0.3, 0.4) is 0 Å². The molecule has 5 nitrogen and oxygen atoms in total. The number of benzene rings is 2. The smallest absolute Gasteiger partial charge is 0.262 e. The SMILES string of the molecule is COc1cc(NC(=O)COc2ccc(C)cc2C(C)(C)C)c(OC)cc1Br. The molecule has 0 atom stereocenters. The van der Waals surface area contributed by atoms with Gasteiger partial charge in [0, 0.05) is 12.1 Å². The van der Waals surface area contributed by atoms with Crippen LogP contribution in [0.4, 0.5) is 5.69 Å². The van der Waals surface area contributed by atoms with Crippen LogP contribution in [0.1, 0.15) is 31.9 Å². The van der Waals surface area contributed by atoms with E-state index in [2.05, 4.69) is 48.1 Å². The van der Waals surface area contributed by atoms with Gasteiger partial charge in [-0.05, 0) is 39.9 Å². The summed E-state index contributed by atoms with van der Waals surface area (Å²) in [5.74, 6) is 1.56. The van der Waals surface area contributed by atoms with Gasteiger partial charge in [0.15, 0.2) is 6.61 Å². The summed E-state index contributed by atoms with van der Waals surface area (Å²) in [6.07, 6.45) is 0. The fourth-order valence-corrected chi connectivity index (χ4v) is 3.13. The molecule has 0 fully saturated rings. The molecule has 0 unspecified atom stereocenters. The molecule has 0 heterocycles. The molecule has 0 aliphatic carbocycles. The number of anilines is 1. The van der Waals surface area contributed by atoms with Crippen molar-refractivity contribution in [3.8, 4) is 17.2 Å². The van der Waals surface area contributed by atoms with E-state index in [1.54, 1.807) is 26.4 Å². The number of amides is 1. The van der Waals surface area contributed by atoms with Gasteiger partial charge in [0.2, 0.25) is 0 Å². The maximum absolute atomic E-state index is 12.4. The molecule has 0 aromatic heterocycles. The van der Waals surface area contributed by atoms with E-state index < -0.39 is 0 Å². The van der Waals surface area contributed by atoms with Gasteiger partial charge in [0.25, 0.3) is 5.91 Å². The number of aryl methyl sites for hydroxylation is 1. The molecule has 2 rings (SSSR count). The lowest BCUT2D eigenvalue weighted by Crippen LogP contribution is -2.22. The number of halogens is 1. The predicted octanol–water partition coefficient (Wildman–Crippen LogP) is 5.09. The molecule has 2 aromatic carbocycles. The molecule has 0 radical (unpaired) electrons. The first-order valence-corrected chi connectivity index (χ1v) is 9.40. The Morgan fingerprint density at radius 3 is 2.30 bits per heavy atom. The summed E-state index contributed by atoms with van der Waals surface area (Å²) in [7, 11) is 3.11. The van der Waals surface area contributed by atoms with Gasteiger partial charge in [-0.15, -0.1) is 0 Å². The van der Waals surface area contributed by atoms with E-state index in [1.165, 1.54) is 0 Å². The topological polar surface area (TPSA) is 56.8 Å². The molecule has 146 valence electrons. The normalized spacial score (nSPS) is 11.1. The average Bonchev–Trinajstić information content (AvgIpc) is 2.60. The first-order valence-electron chi connectivity index (χ1n) is 8.61. The third-order valence-corrected chi connectivity index (χ3v) is 4.67. The Hall–Kier alpha value is -2.21. The van der Waals surface area contributed by atoms with Gasteiger partial charge in [-0.2, -0.15) is 0 Å². The Kier molecular flexibility index (Phi) is 6.76. The van der Waals surface area contributed by atoms with Gasteiger partial charge in [-0.3, -0.25) is 4.79 Å². The van der Waals surface area contributed by atoms with Crippen LogP contribution in [0.5, 0.6) is 17.2 Å². The molecule has 27 heavy (non-hydrogen) atoms. The first-order chi connectivity index (χ1) is 12.7. The lowest BCUT2D eigenvalue weighted by Gasteiger charge is -2.23. The van der Waals surface area contributed by atoms with E-state index in [0.717, 1.165) is 15.6 Å². The van der Waals surface area contributed by atoms with Crippen molar-refractivity contribution >= 4 is 27.5 Å². The summed E-state index contributed by atoms with van der Waals surface area (Å²) < 4.78 is 17.2. The van der Waals surface area contributed by atoms with Crippen molar-refractivity contribution in [1.82, 2.24) is 0 Å². The summed E-state index contributed by atoms with van der Waals surface area (Å²) in [5.41, 5.74) is 2.66. The third kappa shape index (κ3) is 5.39. The van der Waals surface area contributed by atoms with Crippen LogP contribution >= 0.6 is 15.9 Å². The van der Waals surface area contributed by atoms with Crippen LogP contribution in [0.25, 0.3) is 0 Å². The van der Waals surface area contributed by atoms with E-state index in [9.17, 15) is 4.79 Å². The van der Waals surface area contributed by atoms with E-state index >= 15 is 0 Å². The summed E-state index contributed by atoms with van der Waals surface area (Å²) >= 11 is 3.40. The third-order valence-electron chi connectivity index (χ3n) is 4.05. The van der Waals surface area contributed by atoms with E-state index in [0.29, 0.717) is 22.9 Å². The molecule has 1 amide bonds. The Morgan fingerprint density at radius 2 is 1.70 bits per heavy atom. The zero-order valence-corrected chi connectivity index (χ0v) is 18.2. The van der Waals surface area contributed by atoms with E-state index in [1.807, 2.05) is 19.1 Å². The minimum Gasteiger partial charge on any atom is -0.495 e. The Bertz CT molecular complexity index is 828. The van der Waals surface area contributed by atoms with Gasteiger partial charge in [-0.1, -0.05) is 38.5 Å². The van der Waals surface area contributed by atoms with Gasteiger partial charge in [0.1, 0.15) is 17.2 Å². The summed E-state index contributed by atoms with van der Waals surface area (Å²) in [6.45, 7) is 8.29.